The summed E-state index contributed by atoms with van der Waals surface area (Å²) in [4.78, 5) is 16.6. The van der Waals surface area contributed by atoms with E-state index in [0.717, 1.165) is 73.7 Å². The summed E-state index contributed by atoms with van der Waals surface area (Å²) < 4.78 is 4.86. The van der Waals surface area contributed by atoms with Gasteiger partial charge in [0.1, 0.15) is 0 Å². The Morgan fingerprint density at radius 3 is 1.67 bits per heavy atom. The average Bonchev–Trinajstić information content (AvgIpc) is 1.59. The molecule has 0 saturated heterocycles. The predicted molar refractivity (Wildman–Crippen MR) is 345 cm³/mol. The predicted octanol–water partition coefficient (Wildman–Crippen LogP) is 19.5. The summed E-state index contributed by atoms with van der Waals surface area (Å²) in [6, 6.07) is 91.7. The summed E-state index contributed by atoms with van der Waals surface area (Å²) in [5.41, 5.74) is 27.3. The molecule has 5 nitrogen and oxygen atoms in total. The minimum atomic E-state index is -0.562. The number of aromatic nitrogens is 5. The maximum Gasteiger partial charge on any atom is 0.238 e. The molecule has 18 rings (SSSR count). The summed E-state index contributed by atoms with van der Waals surface area (Å²) in [6.07, 6.45) is 6.69. The topological polar surface area (TPSA) is 48.5 Å². The second kappa shape index (κ2) is 17.5. The lowest BCUT2D eigenvalue weighted by Gasteiger charge is -2.34. The van der Waals surface area contributed by atoms with Gasteiger partial charge in [-0.25, -0.2) is 4.98 Å². The Morgan fingerprint density at radius 2 is 0.929 bits per heavy atom. The van der Waals surface area contributed by atoms with Crippen molar-refractivity contribution in [3.63, 3.8) is 0 Å². The van der Waals surface area contributed by atoms with Crippen LogP contribution in [0.25, 0.3) is 128 Å². The maximum atomic E-state index is 5.66. The Balaban J connectivity index is 0.927. The van der Waals surface area contributed by atoms with Gasteiger partial charge in [-0.3, -0.25) is 4.57 Å². The normalized spacial score (nSPS) is 15.9. The molecular formula is C79H53N5. The van der Waals surface area contributed by atoms with Crippen LogP contribution in [0.3, 0.4) is 0 Å². The van der Waals surface area contributed by atoms with Gasteiger partial charge in [0, 0.05) is 49.3 Å². The lowest BCUT2D eigenvalue weighted by Crippen LogP contribution is -2.28. The number of nitrogens with zero attached hydrogens (tertiary/aromatic N) is 5. The van der Waals surface area contributed by atoms with Gasteiger partial charge >= 0.3 is 0 Å². The highest BCUT2D eigenvalue weighted by atomic mass is 15.2. The molecule has 3 aromatic heterocycles. The van der Waals surface area contributed by atoms with Gasteiger partial charge in [0.25, 0.3) is 0 Å². The van der Waals surface area contributed by atoms with Crippen LogP contribution in [-0.4, -0.2) is 24.1 Å². The molecule has 0 amide bonds. The lowest BCUT2D eigenvalue weighted by molar-refractivity contribution is 0.661. The molecule has 0 N–H and O–H groups in total. The molecule has 0 radical (unpaired) electrons. The van der Waals surface area contributed by atoms with E-state index in [2.05, 4.69) is 278 Å². The second-order valence-corrected chi connectivity index (χ2v) is 23.7. The van der Waals surface area contributed by atoms with Crippen molar-refractivity contribution in [1.29, 1.82) is 0 Å². The standard InChI is InChI=1S/C79H53N5/c1-78(2)65-33-16-12-32-58(65)61-46-64-63-45-52(37-41-70(63)83(72(64)47-69(61)78)54-27-10-5-11-28-54)51-38-42-71-62(44-51)60-40-39-59-57-31-15-19-36-68(57)79(66-34-17-13-29-55(66)56-30-14-18-35-67(56)79)73(59)74(60)84(71)77-81-75(49-23-8-4-9-24-49)80-76(82-77)53-26-20-25-50(43-53)48-21-6-3-7-22-48/h3-17,19-34,36-47H,18,35H2,1-2H3. The SMILES string of the molecule is CC1(C)c2ccccc2-c2cc3c4cc(-c5ccc6c(c5)c5ccc7c(c5n6-c5nc(-c6ccccc6)nc(-c6cccc(-c8ccccc8)c6)n5)C5(C6=C(C=CCC6)c6ccccc65)c5ccccc5-7)ccc4n(-c4ccccc4)c3cc21. The Kier molecular flexibility index (Phi) is 9.84. The van der Waals surface area contributed by atoms with Crippen LogP contribution in [0.5, 0.6) is 0 Å². The van der Waals surface area contributed by atoms with Gasteiger partial charge in [-0.15, -0.1) is 0 Å². The van der Waals surface area contributed by atoms with Crippen molar-refractivity contribution in [3.05, 3.63) is 300 Å². The van der Waals surface area contributed by atoms with Crippen molar-refractivity contribution in [2.45, 2.75) is 37.5 Å². The summed E-state index contributed by atoms with van der Waals surface area (Å²) >= 11 is 0. The first-order valence-electron chi connectivity index (χ1n) is 29.4. The highest BCUT2D eigenvalue weighted by Crippen LogP contribution is 2.65. The fourth-order valence-corrected chi connectivity index (χ4v) is 15.4. The van der Waals surface area contributed by atoms with Gasteiger partial charge in [-0.2, -0.15) is 9.97 Å². The number of hydrogen-bond donors (Lipinski definition) is 0. The highest BCUT2D eigenvalue weighted by molar-refractivity contribution is 6.17. The molecule has 14 aromatic rings. The average molecular weight is 1070 g/mol. The van der Waals surface area contributed by atoms with Gasteiger partial charge in [0.2, 0.25) is 5.95 Å². The third-order valence-electron chi connectivity index (χ3n) is 19.1. The monoisotopic (exact) mass is 1070 g/mol. The highest BCUT2D eigenvalue weighted by Gasteiger charge is 2.54. The van der Waals surface area contributed by atoms with E-state index in [1.165, 1.54) is 88.6 Å². The second-order valence-electron chi connectivity index (χ2n) is 23.7. The maximum absolute atomic E-state index is 5.66. The summed E-state index contributed by atoms with van der Waals surface area (Å²) in [7, 11) is 0. The molecule has 4 aliphatic rings. The quantitative estimate of drug-likeness (QED) is 0.167. The Labute approximate surface area is 486 Å². The first-order valence-corrected chi connectivity index (χ1v) is 29.4. The van der Waals surface area contributed by atoms with Crippen LogP contribution in [0.2, 0.25) is 0 Å². The van der Waals surface area contributed by atoms with Gasteiger partial charge in [0.05, 0.1) is 27.5 Å². The molecule has 1 spiro atoms. The van der Waals surface area contributed by atoms with Crippen LogP contribution in [0.1, 0.15) is 60.1 Å². The van der Waals surface area contributed by atoms with Crippen LogP contribution < -0.4 is 0 Å². The van der Waals surface area contributed by atoms with Crippen molar-refractivity contribution in [2.75, 3.05) is 0 Å². The molecule has 4 aliphatic carbocycles. The van der Waals surface area contributed by atoms with Crippen molar-refractivity contribution in [1.82, 2.24) is 24.1 Å². The van der Waals surface area contributed by atoms with Gasteiger partial charge in [0.15, 0.2) is 11.6 Å². The number of hydrogen-bond acceptors (Lipinski definition) is 3. The largest absolute Gasteiger partial charge is 0.309 e. The first kappa shape index (κ1) is 47.2. The molecule has 0 saturated carbocycles. The number of fused-ring (bicyclic) bond motifs is 19. The number of benzene rings is 11. The van der Waals surface area contributed by atoms with Gasteiger partial charge in [-0.05, 0) is 151 Å². The zero-order valence-corrected chi connectivity index (χ0v) is 46.5. The summed E-state index contributed by atoms with van der Waals surface area (Å²) in [5, 5.41) is 4.77. The fourth-order valence-electron chi connectivity index (χ4n) is 15.4. The van der Waals surface area contributed by atoms with E-state index in [9.17, 15) is 0 Å². The van der Waals surface area contributed by atoms with Crippen LogP contribution in [0, 0.1) is 0 Å². The van der Waals surface area contributed by atoms with Crippen LogP contribution >= 0.6 is 0 Å². The van der Waals surface area contributed by atoms with E-state index < -0.39 is 5.41 Å². The van der Waals surface area contributed by atoms with Crippen LogP contribution in [-0.2, 0) is 10.8 Å². The Morgan fingerprint density at radius 1 is 0.369 bits per heavy atom. The molecule has 5 heteroatoms. The minimum Gasteiger partial charge on any atom is -0.309 e. The van der Waals surface area contributed by atoms with Crippen LogP contribution in [0.4, 0.5) is 0 Å². The molecule has 1 atom stereocenters. The van der Waals surface area contributed by atoms with Crippen molar-refractivity contribution in [3.8, 4) is 78.9 Å². The lowest BCUT2D eigenvalue weighted by atomic mass is 9.67. The number of rotatable bonds is 6. The summed E-state index contributed by atoms with van der Waals surface area (Å²) in [5.74, 6) is 1.81. The molecule has 394 valence electrons. The van der Waals surface area contributed by atoms with Crippen molar-refractivity contribution >= 4 is 49.2 Å². The van der Waals surface area contributed by atoms with E-state index in [1.54, 1.807) is 0 Å². The molecule has 0 aliphatic heterocycles. The molecule has 0 bridgehead atoms. The van der Waals surface area contributed by atoms with E-state index in [1.807, 2.05) is 6.07 Å². The smallest absolute Gasteiger partial charge is 0.238 e. The third-order valence-corrected chi connectivity index (χ3v) is 19.1. The van der Waals surface area contributed by atoms with E-state index in [0.29, 0.717) is 17.6 Å². The molecule has 84 heavy (non-hydrogen) atoms. The van der Waals surface area contributed by atoms with E-state index >= 15 is 0 Å². The van der Waals surface area contributed by atoms with E-state index in [4.69, 9.17) is 15.0 Å². The minimum absolute atomic E-state index is 0.131. The zero-order valence-electron chi connectivity index (χ0n) is 46.5. The van der Waals surface area contributed by atoms with Gasteiger partial charge in [-0.1, -0.05) is 220 Å². The molecule has 0 fully saturated rings. The van der Waals surface area contributed by atoms with Crippen molar-refractivity contribution < 1.29 is 0 Å². The van der Waals surface area contributed by atoms with Crippen molar-refractivity contribution in [2.24, 2.45) is 0 Å². The van der Waals surface area contributed by atoms with Crippen LogP contribution in [0.15, 0.2) is 266 Å². The molecule has 1 unspecified atom stereocenters. The molecular weight excluding hydrogens is 1020 g/mol. The summed E-state index contributed by atoms with van der Waals surface area (Å²) in [6.45, 7) is 4.75. The third kappa shape index (κ3) is 6.46. The number of para-hydroxylation sites is 1. The Hall–Kier alpha value is -10.5. The zero-order chi connectivity index (χ0) is 55.4. The van der Waals surface area contributed by atoms with Gasteiger partial charge < -0.3 is 4.57 Å². The molecule has 11 aromatic carbocycles. The Bertz CT molecular complexity index is 5210. The van der Waals surface area contributed by atoms with E-state index in [-0.39, 0.29) is 5.41 Å². The first-order chi connectivity index (χ1) is 41.4. The molecule has 3 heterocycles. The fraction of sp³-hybridized carbons (Fsp3) is 0.0759. The number of allylic oxidation sites excluding steroid dienone is 4.